The highest BCUT2D eigenvalue weighted by atomic mass is 32.2. The smallest absolute Gasteiger partial charge is 0.260 e. The van der Waals surface area contributed by atoms with E-state index < -0.39 is 0 Å². The van der Waals surface area contributed by atoms with Crippen LogP contribution in [0.3, 0.4) is 0 Å². The number of thioether (sulfide) groups is 2. The Balaban J connectivity index is 1.75. The molecular weight excluding hydrogens is 362 g/mol. The second-order valence-electron chi connectivity index (χ2n) is 5.20. The molecule has 0 aliphatic carbocycles. The monoisotopic (exact) mass is 379 g/mol. The highest BCUT2D eigenvalue weighted by molar-refractivity contribution is 8.01. The fourth-order valence-electron chi connectivity index (χ4n) is 2.56. The summed E-state index contributed by atoms with van der Waals surface area (Å²) in [4.78, 5) is 28.9. The number of carbonyl (C=O) groups is 2. The Morgan fingerprint density at radius 1 is 1.04 bits per heavy atom. The Morgan fingerprint density at radius 2 is 1.71 bits per heavy atom. The van der Waals surface area contributed by atoms with Crippen molar-refractivity contribution in [2.75, 3.05) is 32.3 Å². The van der Waals surface area contributed by atoms with Gasteiger partial charge in [-0.3, -0.25) is 9.59 Å². The number of amides is 2. The van der Waals surface area contributed by atoms with E-state index in [0.29, 0.717) is 30.9 Å². The highest BCUT2D eigenvalue weighted by Gasteiger charge is 2.32. The van der Waals surface area contributed by atoms with Gasteiger partial charge in [0.05, 0.1) is 16.4 Å². The van der Waals surface area contributed by atoms with E-state index in [1.54, 1.807) is 21.9 Å². The van der Waals surface area contributed by atoms with Crippen molar-refractivity contribution in [3.63, 3.8) is 0 Å². The quantitative estimate of drug-likeness (QED) is 0.764. The molecule has 1 saturated heterocycles. The van der Waals surface area contributed by atoms with E-state index in [-0.39, 0.29) is 11.8 Å². The van der Waals surface area contributed by atoms with E-state index in [4.69, 9.17) is 0 Å². The summed E-state index contributed by atoms with van der Waals surface area (Å²) in [6, 6.07) is 9.17. The molecule has 126 valence electrons. The average Bonchev–Trinajstić information content (AvgIpc) is 3.28. The first-order chi connectivity index (χ1) is 11.7. The second kappa shape index (κ2) is 7.58. The Labute approximate surface area is 153 Å². The zero-order valence-corrected chi connectivity index (χ0v) is 15.8. The van der Waals surface area contributed by atoms with Crippen LogP contribution in [0.15, 0.2) is 39.6 Å². The molecule has 1 aliphatic heterocycles. The largest absolute Gasteiger partial charge is 0.319 e. The van der Waals surface area contributed by atoms with Crippen LogP contribution >= 0.6 is 35.1 Å². The second-order valence-corrected chi connectivity index (χ2v) is 7.85. The van der Waals surface area contributed by atoms with E-state index in [2.05, 4.69) is 4.37 Å². The van der Waals surface area contributed by atoms with Gasteiger partial charge in [0.15, 0.2) is 0 Å². The molecule has 3 rings (SSSR count). The van der Waals surface area contributed by atoms with Crippen LogP contribution in [-0.4, -0.2) is 58.3 Å². The summed E-state index contributed by atoms with van der Waals surface area (Å²) in [5, 5.41) is 0.766. The summed E-state index contributed by atoms with van der Waals surface area (Å²) in [5.74, 6) is -0.0784. The highest BCUT2D eigenvalue weighted by Crippen LogP contribution is 2.34. The van der Waals surface area contributed by atoms with Crippen molar-refractivity contribution in [1.82, 2.24) is 14.2 Å². The summed E-state index contributed by atoms with van der Waals surface area (Å²) < 4.78 is 5.28. The van der Waals surface area contributed by atoms with Gasteiger partial charge < -0.3 is 9.80 Å². The summed E-state index contributed by atoms with van der Waals surface area (Å²) in [5.41, 5.74) is 1.33. The van der Waals surface area contributed by atoms with Gasteiger partial charge in [-0.15, -0.1) is 23.5 Å². The van der Waals surface area contributed by atoms with Crippen molar-refractivity contribution in [3.05, 3.63) is 41.5 Å². The Kier molecular flexibility index (Phi) is 5.47. The average molecular weight is 380 g/mol. The Hall–Kier alpha value is -1.51. The summed E-state index contributed by atoms with van der Waals surface area (Å²) >= 11 is 4.37. The van der Waals surface area contributed by atoms with Crippen LogP contribution in [0.1, 0.15) is 20.7 Å². The molecule has 0 unspecified atom stereocenters. The lowest BCUT2D eigenvalue weighted by Crippen LogP contribution is -2.34. The van der Waals surface area contributed by atoms with E-state index in [1.165, 1.54) is 35.1 Å². The minimum absolute atomic E-state index is 0.0375. The van der Waals surface area contributed by atoms with E-state index in [1.807, 2.05) is 30.7 Å². The molecule has 1 fully saturated rings. The topological polar surface area (TPSA) is 53.5 Å². The zero-order valence-electron chi connectivity index (χ0n) is 13.4. The predicted molar refractivity (Wildman–Crippen MR) is 99.1 cm³/mol. The van der Waals surface area contributed by atoms with Crippen LogP contribution in [0.25, 0.3) is 0 Å². The number of hydrogen-bond acceptors (Lipinski definition) is 6. The van der Waals surface area contributed by atoms with Crippen LogP contribution in [-0.2, 0) is 0 Å². The molecule has 1 aromatic heterocycles. The van der Waals surface area contributed by atoms with Crippen molar-refractivity contribution in [1.29, 1.82) is 0 Å². The number of aromatic nitrogens is 1. The maximum absolute atomic E-state index is 12.9. The molecule has 24 heavy (non-hydrogen) atoms. The van der Waals surface area contributed by atoms with Gasteiger partial charge in [-0.1, -0.05) is 18.2 Å². The van der Waals surface area contributed by atoms with Crippen LogP contribution in [0.4, 0.5) is 0 Å². The van der Waals surface area contributed by atoms with Gasteiger partial charge in [0, 0.05) is 18.7 Å². The van der Waals surface area contributed by atoms with Gasteiger partial charge in [-0.05, 0) is 36.2 Å². The first kappa shape index (κ1) is 17.3. The standard InChI is InChI=1S/C16H17N3O2S3/c1-22-13-12(16(23-2)24-17-13)15(21)19-9-8-18(10-19)14(20)11-6-4-3-5-7-11/h3-7H,8-10H2,1-2H3. The molecular formula is C16H17N3O2S3. The maximum atomic E-state index is 12.9. The van der Waals surface area contributed by atoms with Gasteiger partial charge in [-0.25, -0.2) is 0 Å². The van der Waals surface area contributed by atoms with E-state index in [0.717, 1.165) is 9.24 Å². The third kappa shape index (κ3) is 3.31. The fourth-order valence-corrected chi connectivity index (χ4v) is 4.82. The fraction of sp³-hybridized carbons (Fsp3) is 0.312. The van der Waals surface area contributed by atoms with Crippen molar-refractivity contribution in [2.24, 2.45) is 0 Å². The summed E-state index contributed by atoms with van der Waals surface area (Å²) in [6.07, 6.45) is 3.87. The molecule has 0 bridgehead atoms. The zero-order chi connectivity index (χ0) is 17.1. The molecule has 0 atom stereocenters. The molecule has 5 nitrogen and oxygen atoms in total. The van der Waals surface area contributed by atoms with Gasteiger partial charge in [0.25, 0.3) is 11.8 Å². The SMILES string of the molecule is CSc1nsc(SC)c1C(=O)N1CCN(C(=O)c2ccccc2)C1. The van der Waals surface area contributed by atoms with Gasteiger partial charge in [0.2, 0.25) is 0 Å². The molecule has 1 aliphatic rings. The third-order valence-electron chi connectivity index (χ3n) is 3.80. The molecule has 0 N–H and O–H groups in total. The normalized spacial score (nSPS) is 14.2. The molecule has 1 aromatic carbocycles. The molecule has 0 radical (unpaired) electrons. The number of nitrogens with zero attached hydrogens (tertiary/aromatic N) is 3. The summed E-state index contributed by atoms with van der Waals surface area (Å²) in [7, 11) is 0. The number of benzene rings is 1. The molecule has 8 heteroatoms. The molecule has 0 spiro atoms. The van der Waals surface area contributed by atoms with E-state index in [9.17, 15) is 9.59 Å². The lowest BCUT2D eigenvalue weighted by molar-refractivity contribution is 0.0697. The first-order valence-electron chi connectivity index (χ1n) is 7.37. The van der Waals surface area contributed by atoms with Crippen molar-refractivity contribution in [3.8, 4) is 0 Å². The summed E-state index contributed by atoms with van der Waals surface area (Å²) in [6.45, 7) is 1.43. The van der Waals surface area contributed by atoms with Gasteiger partial charge >= 0.3 is 0 Å². The number of rotatable bonds is 4. The van der Waals surface area contributed by atoms with Crippen LogP contribution in [0.5, 0.6) is 0 Å². The van der Waals surface area contributed by atoms with Crippen molar-refractivity contribution in [2.45, 2.75) is 9.24 Å². The molecule has 2 aromatic rings. The van der Waals surface area contributed by atoms with Crippen molar-refractivity contribution >= 4 is 46.9 Å². The predicted octanol–water partition coefficient (Wildman–Crippen LogP) is 3.14. The van der Waals surface area contributed by atoms with Crippen LogP contribution in [0, 0.1) is 0 Å². The van der Waals surface area contributed by atoms with Crippen LogP contribution in [0.2, 0.25) is 0 Å². The molecule has 2 amide bonds. The lowest BCUT2D eigenvalue weighted by Gasteiger charge is -2.19. The Morgan fingerprint density at radius 3 is 2.33 bits per heavy atom. The minimum Gasteiger partial charge on any atom is -0.319 e. The molecule has 2 heterocycles. The van der Waals surface area contributed by atoms with Gasteiger partial charge in [-0.2, -0.15) is 4.37 Å². The Bertz CT molecular complexity index is 727. The number of hydrogen-bond donors (Lipinski definition) is 0. The first-order valence-corrected chi connectivity index (χ1v) is 10.6. The lowest BCUT2D eigenvalue weighted by atomic mass is 10.2. The minimum atomic E-state index is -0.0409. The van der Waals surface area contributed by atoms with E-state index >= 15 is 0 Å². The maximum Gasteiger partial charge on any atom is 0.260 e. The van der Waals surface area contributed by atoms with Crippen molar-refractivity contribution < 1.29 is 9.59 Å². The third-order valence-corrected chi connectivity index (χ3v) is 6.54. The van der Waals surface area contributed by atoms with Crippen LogP contribution < -0.4 is 0 Å². The number of carbonyl (C=O) groups excluding carboxylic acids is 2. The van der Waals surface area contributed by atoms with Gasteiger partial charge in [0.1, 0.15) is 5.03 Å². The molecule has 0 saturated carbocycles.